The molecule has 0 aliphatic carbocycles. The van der Waals surface area contributed by atoms with Crippen molar-refractivity contribution in [2.75, 3.05) is 19.6 Å². The van der Waals surface area contributed by atoms with Crippen LogP contribution >= 0.6 is 0 Å². The third kappa shape index (κ3) is 4.52. The zero-order valence-corrected chi connectivity index (χ0v) is 10.9. The second kappa shape index (κ2) is 7.20. The molecule has 0 radical (unpaired) electrons. The molecule has 2 amide bonds. The largest absolute Gasteiger partial charge is 0.481 e. The Morgan fingerprint density at radius 2 is 2.28 bits per heavy atom. The van der Waals surface area contributed by atoms with Gasteiger partial charge in [0.05, 0.1) is 6.42 Å². The number of amides is 2. The molecule has 0 spiro atoms. The molecule has 18 heavy (non-hydrogen) atoms. The van der Waals surface area contributed by atoms with Crippen LogP contribution in [0.1, 0.15) is 32.6 Å². The average molecular weight is 257 g/mol. The summed E-state index contributed by atoms with van der Waals surface area (Å²) in [7, 11) is 0. The predicted molar refractivity (Wildman–Crippen MR) is 68.2 cm³/mol. The minimum Gasteiger partial charge on any atom is -0.481 e. The van der Waals surface area contributed by atoms with E-state index < -0.39 is 5.97 Å². The van der Waals surface area contributed by atoms with Crippen molar-refractivity contribution in [3.63, 3.8) is 0 Å². The summed E-state index contributed by atoms with van der Waals surface area (Å²) in [5.41, 5.74) is 5.57. The Bertz CT molecular complexity index is 296. The first-order valence-corrected chi connectivity index (χ1v) is 6.54. The number of nitrogens with two attached hydrogens (primary N) is 1. The van der Waals surface area contributed by atoms with E-state index in [4.69, 9.17) is 10.8 Å². The second-order valence-electron chi connectivity index (χ2n) is 4.87. The lowest BCUT2D eigenvalue weighted by molar-refractivity contribution is -0.137. The van der Waals surface area contributed by atoms with E-state index >= 15 is 0 Å². The van der Waals surface area contributed by atoms with Crippen molar-refractivity contribution in [3.05, 3.63) is 0 Å². The van der Waals surface area contributed by atoms with Crippen LogP contribution in [0.25, 0.3) is 0 Å². The minimum atomic E-state index is -0.880. The fourth-order valence-electron chi connectivity index (χ4n) is 2.26. The summed E-state index contributed by atoms with van der Waals surface area (Å²) in [6.07, 6.45) is 2.45. The van der Waals surface area contributed by atoms with Crippen LogP contribution in [0.5, 0.6) is 0 Å². The molecule has 0 saturated carbocycles. The summed E-state index contributed by atoms with van der Waals surface area (Å²) in [4.78, 5) is 24.4. The Kier molecular flexibility index (Phi) is 5.91. The highest BCUT2D eigenvalue weighted by Gasteiger charge is 2.26. The molecule has 2 unspecified atom stereocenters. The van der Waals surface area contributed by atoms with Crippen LogP contribution in [0.4, 0.5) is 4.79 Å². The van der Waals surface area contributed by atoms with E-state index in [2.05, 4.69) is 5.32 Å². The Hall–Kier alpha value is -1.30. The summed E-state index contributed by atoms with van der Waals surface area (Å²) in [5, 5.41) is 11.6. The highest BCUT2D eigenvalue weighted by molar-refractivity contribution is 5.76. The molecule has 4 N–H and O–H groups in total. The molecular formula is C12H23N3O3. The molecular weight excluding hydrogens is 234 g/mol. The zero-order chi connectivity index (χ0) is 13.5. The first-order valence-electron chi connectivity index (χ1n) is 6.54. The van der Waals surface area contributed by atoms with Crippen LogP contribution in [0.2, 0.25) is 0 Å². The maximum Gasteiger partial charge on any atom is 0.317 e. The molecule has 0 aromatic heterocycles. The van der Waals surface area contributed by atoms with Crippen molar-refractivity contribution in [3.8, 4) is 0 Å². The van der Waals surface area contributed by atoms with Gasteiger partial charge < -0.3 is 21.1 Å². The molecule has 6 heteroatoms. The van der Waals surface area contributed by atoms with E-state index in [1.807, 2.05) is 6.92 Å². The van der Waals surface area contributed by atoms with Crippen LogP contribution in [-0.2, 0) is 4.79 Å². The number of carboxylic acids is 1. The van der Waals surface area contributed by atoms with Crippen molar-refractivity contribution in [2.24, 2.45) is 11.7 Å². The number of carbonyl (C=O) groups excluding carboxylic acids is 1. The van der Waals surface area contributed by atoms with Crippen LogP contribution in [0, 0.1) is 5.92 Å². The Balaban J connectivity index is 2.43. The van der Waals surface area contributed by atoms with Gasteiger partial charge in [-0.1, -0.05) is 13.3 Å². The SMILES string of the molecule is CCCC(CC(=O)O)NC(=O)N1CCC(CN)C1. The maximum absolute atomic E-state index is 12.0. The fraction of sp³-hybridized carbons (Fsp3) is 0.833. The van der Waals surface area contributed by atoms with Gasteiger partial charge in [-0.05, 0) is 25.3 Å². The molecule has 1 saturated heterocycles. The molecule has 1 heterocycles. The van der Waals surface area contributed by atoms with Crippen LogP contribution < -0.4 is 11.1 Å². The van der Waals surface area contributed by atoms with E-state index in [1.54, 1.807) is 4.90 Å². The number of hydrogen-bond acceptors (Lipinski definition) is 3. The molecule has 1 aliphatic rings. The summed E-state index contributed by atoms with van der Waals surface area (Å²) in [6.45, 7) is 3.95. The topological polar surface area (TPSA) is 95.7 Å². The van der Waals surface area contributed by atoms with Crippen LogP contribution in [-0.4, -0.2) is 47.7 Å². The lowest BCUT2D eigenvalue weighted by Gasteiger charge is -2.22. The Morgan fingerprint density at radius 1 is 1.56 bits per heavy atom. The number of urea groups is 1. The average Bonchev–Trinajstić information content (AvgIpc) is 2.76. The molecule has 6 nitrogen and oxygen atoms in total. The van der Waals surface area contributed by atoms with Gasteiger partial charge in [-0.15, -0.1) is 0 Å². The molecule has 0 aromatic carbocycles. The molecule has 1 fully saturated rings. The number of likely N-dealkylation sites (tertiary alicyclic amines) is 1. The number of carboxylic acid groups (broad SMARTS) is 1. The number of carbonyl (C=O) groups is 2. The predicted octanol–water partition coefficient (Wildman–Crippen LogP) is 0.620. The molecule has 104 valence electrons. The standard InChI is InChI=1S/C12H23N3O3/c1-2-3-10(6-11(16)17)14-12(18)15-5-4-9(7-13)8-15/h9-10H,2-8,13H2,1H3,(H,14,18)(H,16,17). The zero-order valence-electron chi connectivity index (χ0n) is 10.9. The van der Waals surface area contributed by atoms with Crippen LogP contribution in [0.15, 0.2) is 0 Å². The van der Waals surface area contributed by atoms with Gasteiger partial charge in [0.2, 0.25) is 0 Å². The van der Waals surface area contributed by atoms with Crippen molar-refractivity contribution < 1.29 is 14.7 Å². The van der Waals surface area contributed by atoms with Gasteiger partial charge in [0.1, 0.15) is 0 Å². The van der Waals surface area contributed by atoms with Gasteiger partial charge in [-0.25, -0.2) is 4.79 Å². The summed E-state index contributed by atoms with van der Waals surface area (Å²) in [5.74, 6) is -0.505. The fourth-order valence-corrected chi connectivity index (χ4v) is 2.26. The van der Waals surface area contributed by atoms with Crippen molar-refractivity contribution in [1.29, 1.82) is 0 Å². The van der Waals surface area contributed by atoms with Crippen molar-refractivity contribution in [1.82, 2.24) is 10.2 Å². The lowest BCUT2D eigenvalue weighted by Crippen LogP contribution is -2.44. The van der Waals surface area contributed by atoms with E-state index in [0.29, 0.717) is 32.0 Å². The normalized spacial score (nSPS) is 20.8. The van der Waals surface area contributed by atoms with Gasteiger partial charge in [0.25, 0.3) is 0 Å². The van der Waals surface area contributed by atoms with Crippen molar-refractivity contribution >= 4 is 12.0 Å². The van der Waals surface area contributed by atoms with Gasteiger partial charge in [-0.2, -0.15) is 0 Å². The third-order valence-electron chi connectivity index (χ3n) is 3.29. The highest BCUT2D eigenvalue weighted by Crippen LogP contribution is 2.15. The molecule has 0 aromatic rings. The van der Waals surface area contributed by atoms with E-state index in [9.17, 15) is 9.59 Å². The van der Waals surface area contributed by atoms with Gasteiger partial charge in [0.15, 0.2) is 0 Å². The number of hydrogen-bond donors (Lipinski definition) is 3. The summed E-state index contributed by atoms with van der Waals surface area (Å²) < 4.78 is 0. The minimum absolute atomic E-state index is 0.0201. The molecule has 1 aliphatic heterocycles. The van der Waals surface area contributed by atoms with Crippen LogP contribution in [0.3, 0.4) is 0 Å². The number of nitrogens with one attached hydrogen (secondary N) is 1. The van der Waals surface area contributed by atoms with E-state index in [1.165, 1.54) is 0 Å². The first-order chi connectivity index (χ1) is 8.56. The summed E-state index contributed by atoms with van der Waals surface area (Å²) >= 11 is 0. The third-order valence-corrected chi connectivity index (χ3v) is 3.29. The monoisotopic (exact) mass is 257 g/mol. The number of nitrogens with zero attached hydrogens (tertiary/aromatic N) is 1. The van der Waals surface area contributed by atoms with Gasteiger partial charge in [0, 0.05) is 19.1 Å². The first kappa shape index (κ1) is 14.8. The van der Waals surface area contributed by atoms with Gasteiger partial charge in [-0.3, -0.25) is 4.79 Å². The van der Waals surface area contributed by atoms with E-state index in [-0.39, 0.29) is 18.5 Å². The molecule has 1 rings (SSSR count). The second-order valence-corrected chi connectivity index (χ2v) is 4.87. The lowest BCUT2D eigenvalue weighted by atomic mass is 10.1. The number of rotatable bonds is 6. The summed E-state index contributed by atoms with van der Waals surface area (Å²) in [6, 6.07) is -0.442. The van der Waals surface area contributed by atoms with Gasteiger partial charge >= 0.3 is 12.0 Å². The molecule has 0 bridgehead atoms. The quantitative estimate of drug-likeness (QED) is 0.650. The Labute approximate surface area is 108 Å². The highest BCUT2D eigenvalue weighted by atomic mass is 16.4. The van der Waals surface area contributed by atoms with Crippen molar-refractivity contribution in [2.45, 2.75) is 38.6 Å². The molecule has 2 atom stereocenters. The smallest absolute Gasteiger partial charge is 0.317 e. The van der Waals surface area contributed by atoms with E-state index in [0.717, 1.165) is 12.8 Å². The Morgan fingerprint density at radius 3 is 2.78 bits per heavy atom. The maximum atomic E-state index is 12.0. The number of aliphatic carboxylic acids is 1.